The molecule has 1 aliphatic rings. The third-order valence-corrected chi connectivity index (χ3v) is 3.95. The Balaban J connectivity index is 1.96. The molecule has 0 amide bonds. The summed E-state index contributed by atoms with van der Waals surface area (Å²) in [5, 5.41) is 10.1. The zero-order valence-corrected chi connectivity index (χ0v) is 10.9. The van der Waals surface area contributed by atoms with E-state index in [1.807, 2.05) is 24.4 Å². The number of aliphatic hydroxyl groups excluding tert-OH is 1. The summed E-state index contributed by atoms with van der Waals surface area (Å²) >= 11 is 0. The Bertz CT molecular complexity index is 585. The van der Waals surface area contributed by atoms with Crippen LogP contribution in [0.1, 0.15) is 12.8 Å². The second kappa shape index (κ2) is 5.05. The van der Waals surface area contributed by atoms with Gasteiger partial charge in [-0.1, -0.05) is 0 Å². The van der Waals surface area contributed by atoms with Crippen LogP contribution in [0.4, 0.5) is 11.4 Å². The number of anilines is 2. The number of benzene rings is 1. The summed E-state index contributed by atoms with van der Waals surface area (Å²) in [6.45, 7) is 2.30. The molecular weight excluding hydrogens is 238 g/mol. The molecule has 19 heavy (non-hydrogen) atoms. The molecular formula is C15H19N3O. The summed E-state index contributed by atoms with van der Waals surface area (Å²) in [6.07, 6.45) is 3.84. The molecule has 0 aliphatic carbocycles. The van der Waals surface area contributed by atoms with E-state index in [4.69, 9.17) is 10.8 Å². The van der Waals surface area contributed by atoms with Gasteiger partial charge in [0, 0.05) is 37.0 Å². The van der Waals surface area contributed by atoms with Crippen molar-refractivity contribution >= 4 is 22.3 Å². The van der Waals surface area contributed by atoms with Crippen molar-refractivity contribution in [2.24, 2.45) is 5.92 Å². The number of hydrogen-bond acceptors (Lipinski definition) is 4. The van der Waals surface area contributed by atoms with Gasteiger partial charge in [0.25, 0.3) is 0 Å². The maximum absolute atomic E-state index is 9.04. The van der Waals surface area contributed by atoms with Crippen LogP contribution >= 0.6 is 0 Å². The molecule has 100 valence electrons. The number of aliphatic hydroxyl groups is 1. The molecule has 2 aromatic rings. The summed E-state index contributed by atoms with van der Waals surface area (Å²) in [5.41, 5.74) is 8.92. The molecule has 4 heteroatoms. The first kappa shape index (κ1) is 12.2. The van der Waals surface area contributed by atoms with Gasteiger partial charge in [-0.3, -0.25) is 4.98 Å². The van der Waals surface area contributed by atoms with Crippen LogP contribution in [0.15, 0.2) is 30.5 Å². The summed E-state index contributed by atoms with van der Waals surface area (Å²) in [6, 6.07) is 7.95. The number of hydrogen-bond donors (Lipinski definition) is 2. The Morgan fingerprint density at radius 2 is 2.26 bits per heavy atom. The molecule has 1 saturated heterocycles. The minimum atomic E-state index is 0.277. The van der Waals surface area contributed by atoms with Crippen LogP contribution in [-0.2, 0) is 0 Å². The predicted molar refractivity (Wildman–Crippen MR) is 78.2 cm³/mol. The molecule has 4 nitrogen and oxygen atoms in total. The molecule has 1 unspecified atom stereocenters. The minimum absolute atomic E-state index is 0.277. The van der Waals surface area contributed by atoms with E-state index in [-0.39, 0.29) is 6.61 Å². The molecule has 3 N–H and O–H groups in total. The van der Waals surface area contributed by atoms with Gasteiger partial charge < -0.3 is 15.7 Å². The summed E-state index contributed by atoms with van der Waals surface area (Å²) in [4.78, 5) is 6.84. The fraction of sp³-hybridized carbons (Fsp3) is 0.400. The van der Waals surface area contributed by atoms with Crippen molar-refractivity contribution < 1.29 is 5.11 Å². The van der Waals surface area contributed by atoms with Crippen LogP contribution in [0.5, 0.6) is 0 Å². The molecule has 3 rings (SSSR count). The lowest BCUT2D eigenvalue weighted by atomic mass is 10.1. The van der Waals surface area contributed by atoms with Crippen LogP contribution in [0.3, 0.4) is 0 Å². The maximum atomic E-state index is 9.04. The Kier molecular flexibility index (Phi) is 3.25. The van der Waals surface area contributed by atoms with E-state index < -0.39 is 0 Å². The highest BCUT2D eigenvalue weighted by atomic mass is 16.3. The molecule has 2 heterocycles. The molecule has 0 spiro atoms. The van der Waals surface area contributed by atoms with E-state index in [2.05, 4.69) is 16.0 Å². The molecule has 1 aromatic heterocycles. The number of pyridine rings is 1. The van der Waals surface area contributed by atoms with Crippen LogP contribution in [0.2, 0.25) is 0 Å². The van der Waals surface area contributed by atoms with Gasteiger partial charge >= 0.3 is 0 Å². The SMILES string of the molecule is Nc1ccc(N2CCC(CCO)C2)c2ncccc12. The normalized spacial score (nSPS) is 19.2. The van der Waals surface area contributed by atoms with Gasteiger partial charge in [-0.15, -0.1) is 0 Å². The van der Waals surface area contributed by atoms with Crippen LogP contribution < -0.4 is 10.6 Å². The summed E-state index contributed by atoms with van der Waals surface area (Å²) in [5.74, 6) is 0.585. The van der Waals surface area contributed by atoms with E-state index in [9.17, 15) is 0 Å². The molecule has 1 aliphatic heterocycles. The van der Waals surface area contributed by atoms with Gasteiger partial charge in [0.15, 0.2) is 0 Å². The number of nitrogens with zero attached hydrogens (tertiary/aromatic N) is 2. The first-order valence-electron chi connectivity index (χ1n) is 6.78. The number of nitrogens with two attached hydrogens (primary N) is 1. The first-order chi connectivity index (χ1) is 9.29. The van der Waals surface area contributed by atoms with Crippen LogP contribution in [0.25, 0.3) is 10.9 Å². The zero-order chi connectivity index (χ0) is 13.2. The fourth-order valence-corrected chi connectivity index (χ4v) is 2.90. The highest BCUT2D eigenvalue weighted by molar-refractivity contribution is 5.98. The van der Waals surface area contributed by atoms with Crippen molar-refractivity contribution in [1.82, 2.24) is 4.98 Å². The summed E-state index contributed by atoms with van der Waals surface area (Å²) < 4.78 is 0. The molecule has 0 saturated carbocycles. The lowest BCUT2D eigenvalue weighted by Gasteiger charge is -2.20. The Labute approximate surface area is 112 Å². The molecule has 1 atom stereocenters. The first-order valence-corrected chi connectivity index (χ1v) is 6.78. The molecule has 1 aromatic carbocycles. The lowest BCUT2D eigenvalue weighted by Crippen LogP contribution is -2.20. The van der Waals surface area contributed by atoms with E-state index in [1.54, 1.807) is 0 Å². The maximum Gasteiger partial charge on any atom is 0.0955 e. The van der Waals surface area contributed by atoms with Crippen molar-refractivity contribution in [3.8, 4) is 0 Å². The highest BCUT2D eigenvalue weighted by Crippen LogP contribution is 2.32. The van der Waals surface area contributed by atoms with Crippen molar-refractivity contribution in [2.45, 2.75) is 12.8 Å². The zero-order valence-electron chi connectivity index (χ0n) is 10.9. The van der Waals surface area contributed by atoms with Gasteiger partial charge in [-0.2, -0.15) is 0 Å². The topological polar surface area (TPSA) is 62.4 Å². The lowest BCUT2D eigenvalue weighted by molar-refractivity contribution is 0.263. The molecule has 0 bridgehead atoms. The number of fused-ring (bicyclic) bond motifs is 1. The van der Waals surface area contributed by atoms with Gasteiger partial charge in [-0.25, -0.2) is 0 Å². The number of rotatable bonds is 3. The number of aromatic nitrogens is 1. The second-order valence-corrected chi connectivity index (χ2v) is 5.19. The summed E-state index contributed by atoms with van der Waals surface area (Å²) in [7, 11) is 0. The van der Waals surface area contributed by atoms with Crippen molar-refractivity contribution in [1.29, 1.82) is 0 Å². The Morgan fingerprint density at radius 3 is 3.11 bits per heavy atom. The highest BCUT2D eigenvalue weighted by Gasteiger charge is 2.23. The van der Waals surface area contributed by atoms with Crippen LogP contribution in [0, 0.1) is 5.92 Å². The van der Waals surface area contributed by atoms with E-state index >= 15 is 0 Å². The van der Waals surface area contributed by atoms with E-state index in [0.29, 0.717) is 5.92 Å². The van der Waals surface area contributed by atoms with E-state index in [1.165, 1.54) is 0 Å². The second-order valence-electron chi connectivity index (χ2n) is 5.19. The fourth-order valence-electron chi connectivity index (χ4n) is 2.90. The van der Waals surface area contributed by atoms with Crippen molar-refractivity contribution in [3.05, 3.63) is 30.5 Å². The standard InChI is InChI=1S/C15H19N3O/c16-13-3-4-14(15-12(13)2-1-7-17-15)18-8-5-11(10-18)6-9-19/h1-4,7,11,19H,5-6,8-10,16H2. The van der Waals surface area contributed by atoms with Gasteiger partial charge in [-0.05, 0) is 43.0 Å². The Hall–Kier alpha value is -1.81. The van der Waals surface area contributed by atoms with Crippen molar-refractivity contribution in [2.75, 3.05) is 30.3 Å². The molecule has 0 radical (unpaired) electrons. The quantitative estimate of drug-likeness (QED) is 0.826. The smallest absolute Gasteiger partial charge is 0.0955 e. The predicted octanol–water partition coefficient (Wildman–Crippen LogP) is 2.03. The monoisotopic (exact) mass is 257 g/mol. The Morgan fingerprint density at radius 1 is 1.37 bits per heavy atom. The number of nitrogen functional groups attached to an aromatic ring is 1. The van der Waals surface area contributed by atoms with Gasteiger partial charge in [0.2, 0.25) is 0 Å². The van der Waals surface area contributed by atoms with Gasteiger partial charge in [0.05, 0.1) is 11.2 Å². The minimum Gasteiger partial charge on any atom is -0.398 e. The third kappa shape index (κ3) is 2.24. The van der Waals surface area contributed by atoms with Gasteiger partial charge in [0.1, 0.15) is 0 Å². The average Bonchev–Trinajstić information content (AvgIpc) is 2.88. The van der Waals surface area contributed by atoms with Crippen LogP contribution in [-0.4, -0.2) is 29.8 Å². The molecule has 1 fully saturated rings. The van der Waals surface area contributed by atoms with Crippen molar-refractivity contribution in [3.63, 3.8) is 0 Å². The average molecular weight is 257 g/mol. The largest absolute Gasteiger partial charge is 0.398 e. The van der Waals surface area contributed by atoms with E-state index in [0.717, 1.165) is 48.2 Å². The third-order valence-electron chi connectivity index (χ3n) is 3.95.